The molecular weight excluding hydrogens is 304 g/mol. The monoisotopic (exact) mass is 322 g/mol. The second-order valence-corrected chi connectivity index (χ2v) is 5.79. The van der Waals surface area contributed by atoms with Crippen LogP contribution in [0.4, 0.5) is 5.82 Å². The third kappa shape index (κ3) is 3.00. The smallest absolute Gasteiger partial charge is 0.258 e. The summed E-state index contributed by atoms with van der Waals surface area (Å²) in [6.45, 7) is 5.19. The summed E-state index contributed by atoms with van der Waals surface area (Å²) in [7, 11) is 0. The molecular formula is C18H18N4O2. The van der Waals surface area contributed by atoms with Crippen LogP contribution in [0.1, 0.15) is 5.56 Å². The first-order valence-electron chi connectivity index (χ1n) is 7.99. The summed E-state index contributed by atoms with van der Waals surface area (Å²) in [5.41, 5.74) is 3.01. The lowest BCUT2D eigenvalue weighted by molar-refractivity contribution is 0.122. The number of hydrogen-bond donors (Lipinski definition) is 0. The Labute approximate surface area is 140 Å². The number of aryl methyl sites for hydroxylation is 1. The van der Waals surface area contributed by atoms with Crippen molar-refractivity contribution in [3.05, 3.63) is 48.2 Å². The highest BCUT2D eigenvalue weighted by molar-refractivity contribution is 5.62. The van der Waals surface area contributed by atoms with Crippen LogP contribution >= 0.6 is 0 Å². The van der Waals surface area contributed by atoms with Gasteiger partial charge in [0.25, 0.3) is 5.89 Å². The van der Waals surface area contributed by atoms with E-state index in [1.165, 1.54) is 5.56 Å². The van der Waals surface area contributed by atoms with Gasteiger partial charge in [-0.1, -0.05) is 22.9 Å². The topological polar surface area (TPSA) is 64.3 Å². The lowest BCUT2D eigenvalue weighted by atomic mass is 10.1. The third-order valence-corrected chi connectivity index (χ3v) is 4.06. The van der Waals surface area contributed by atoms with Crippen molar-refractivity contribution < 1.29 is 9.26 Å². The first kappa shape index (κ1) is 14.8. The van der Waals surface area contributed by atoms with Gasteiger partial charge in [0.1, 0.15) is 5.82 Å². The van der Waals surface area contributed by atoms with Gasteiger partial charge < -0.3 is 14.2 Å². The average molecular weight is 322 g/mol. The molecule has 1 aromatic carbocycles. The van der Waals surface area contributed by atoms with Crippen molar-refractivity contribution in [3.63, 3.8) is 0 Å². The SMILES string of the molecule is Cc1ccc(-c2nc(-c3ccnc(N4CCOCC4)c3)no2)cc1. The molecule has 4 rings (SSSR count). The van der Waals surface area contributed by atoms with E-state index in [0.717, 1.165) is 43.2 Å². The molecule has 0 aliphatic carbocycles. The van der Waals surface area contributed by atoms with Gasteiger partial charge in [0.05, 0.1) is 13.2 Å². The Hall–Kier alpha value is -2.73. The molecule has 1 aliphatic heterocycles. The molecule has 0 atom stereocenters. The number of morpholine rings is 1. The number of ether oxygens (including phenoxy) is 1. The minimum atomic E-state index is 0.523. The summed E-state index contributed by atoms with van der Waals surface area (Å²) in [6.07, 6.45) is 1.78. The van der Waals surface area contributed by atoms with E-state index in [1.54, 1.807) is 6.20 Å². The minimum Gasteiger partial charge on any atom is -0.378 e. The van der Waals surface area contributed by atoms with Crippen molar-refractivity contribution in [2.45, 2.75) is 6.92 Å². The van der Waals surface area contributed by atoms with Gasteiger partial charge in [-0.25, -0.2) is 4.98 Å². The summed E-state index contributed by atoms with van der Waals surface area (Å²) >= 11 is 0. The number of nitrogens with zero attached hydrogens (tertiary/aromatic N) is 4. The Morgan fingerprint density at radius 3 is 2.58 bits per heavy atom. The zero-order valence-electron chi connectivity index (χ0n) is 13.5. The molecule has 6 nitrogen and oxygen atoms in total. The minimum absolute atomic E-state index is 0.523. The normalized spacial score (nSPS) is 14.8. The highest BCUT2D eigenvalue weighted by Gasteiger charge is 2.15. The molecule has 0 saturated carbocycles. The van der Waals surface area contributed by atoms with Crippen molar-refractivity contribution in [2.24, 2.45) is 0 Å². The van der Waals surface area contributed by atoms with E-state index < -0.39 is 0 Å². The van der Waals surface area contributed by atoms with Crippen LogP contribution in [0.5, 0.6) is 0 Å². The predicted octanol–water partition coefficient (Wildman–Crippen LogP) is 2.94. The highest BCUT2D eigenvalue weighted by Crippen LogP contribution is 2.24. The third-order valence-electron chi connectivity index (χ3n) is 4.06. The van der Waals surface area contributed by atoms with Crippen molar-refractivity contribution in [3.8, 4) is 22.8 Å². The molecule has 6 heteroatoms. The molecule has 0 unspecified atom stereocenters. The van der Waals surface area contributed by atoms with Crippen LogP contribution < -0.4 is 4.90 Å². The van der Waals surface area contributed by atoms with Gasteiger partial charge in [-0.3, -0.25) is 0 Å². The Balaban J connectivity index is 1.61. The molecule has 1 fully saturated rings. The number of hydrogen-bond acceptors (Lipinski definition) is 6. The lowest BCUT2D eigenvalue weighted by Gasteiger charge is -2.27. The Morgan fingerprint density at radius 2 is 1.79 bits per heavy atom. The van der Waals surface area contributed by atoms with Crippen LogP contribution in [0.25, 0.3) is 22.8 Å². The number of pyridine rings is 1. The number of aromatic nitrogens is 3. The van der Waals surface area contributed by atoms with Crippen LogP contribution in [0, 0.1) is 6.92 Å². The van der Waals surface area contributed by atoms with Gasteiger partial charge in [0.2, 0.25) is 5.82 Å². The van der Waals surface area contributed by atoms with E-state index in [4.69, 9.17) is 9.26 Å². The fourth-order valence-electron chi connectivity index (χ4n) is 2.68. The maximum absolute atomic E-state index is 5.42. The molecule has 0 amide bonds. The molecule has 0 bridgehead atoms. The van der Waals surface area contributed by atoms with E-state index in [1.807, 2.05) is 43.3 Å². The van der Waals surface area contributed by atoms with Crippen LogP contribution in [0.3, 0.4) is 0 Å². The van der Waals surface area contributed by atoms with E-state index in [-0.39, 0.29) is 0 Å². The summed E-state index contributed by atoms with van der Waals surface area (Å²) in [6, 6.07) is 11.9. The van der Waals surface area contributed by atoms with E-state index in [9.17, 15) is 0 Å². The molecule has 1 aliphatic rings. The molecule has 0 spiro atoms. The second kappa shape index (κ2) is 6.41. The molecule has 3 aromatic rings. The second-order valence-electron chi connectivity index (χ2n) is 5.79. The van der Waals surface area contributed by atoms with Crippen LogP contribution in [-0.4, -0.2) is 41.4 Å². The van der Waals surface area contributed by atoms with E-state index in [0.29, 0.717) is 11.7 Å². The van der Waals surface area contributed by atoms with Gasteiger partial charge in [-0.05, 0) is 31.2 Å². The first-order chi connectivity index (χ1) is 11.8. The van der Waals surface area contributed by atoms with Gasteiger partial charge >= 0.3 is 0 Å². The maximum atomic E-state index is 5.42. The van der Waals surface area contributed by atoms with Crippen molar-refractivity contribution in [1.82, 2.24) is 15.1 Å². The Kier molecular flexibility index (Phi) is 3.96. The molecule has 0 radical (unpaired) electrons. The van der Waals surface area contributed by atoms with Crippen LogP contribution in [0.15, 0.2) is 47.1 Å². The zero-order valence-corrected chi connectivity index (χ0v) is 13.5. The zero-order chi connectivity index (χ0) is 16.4. The standard InChI is InChI=1S/C18H18N4O2/c1-13-2-4-14(5-3-13)18-20-17(21-24-18)15-6-7-19-16(12-15)22-8-10-23-11-9-22/h2-7,12H,8-11H2,1H3. The number of anilines is 1. The van der Waals surface area contributed by atoms with Crippen molar-refractivity contribution >= 4 is 5.82 Å². The molecule has 0 N–H and O–H groups in total. The number of benzene rings is 1. The van der Waals surface area contributed by atoms with Gasteiger partial charge in [0, 0.05) is 30.4 Å². The lowest BCUT2D eigenvalue weighted by Crippen LogP contribution is -2.36. The summed E-state index contributed by atoms with van der Waals surface area (Å²) in [5, 5.41) is 4.11. The fraction of sp³-hybridized carbons (Fsp3) is 0.278. The van der Waals surface area contributed by atoms with Gasteiger partial charge in [0.15, 0.2) is 0 Å². The highest BCUT2D eigenvalue weighted by atomic mass is 16.5. The molecule has 2 aromatic heterocycles. The predicted molar refractivity (Wildman–Crippen MR) is 90.7 cm³/mol. The Bertz CT molecular complexity index is 823. The molecule has 1 saturated heterocycles. The first-order valence-corrected chi connectivity index (χ1v) is 7.99. The fourth-order valence-corrected chi connectivity index (χ4v) is 2.68. The summed E-state index contributed by atoms with van der Waals surface area (Å²) < 4.78 is 10.8. The van der Waals surface area contributed by atoms with E-state index >= 15 is 0 Å². The van der Waals surface area contributed by atoms with Gasteiger partial charge in [-0.2, -0.15) is 4.98 Å². The molecule has 3 heterocycles. The largest absolute Gasteiger partial charge is 0.378 e. The van der Waals surface area contributed by atoms with Gasteiger partial charge in [-0.15, -0.1) is 0 Å². The summed E-state index contributed by atoms with van der Waals surface area (Å²) in [4.78, 5) is 11.2. The number of rotatable bonds is 3. The maximum Gasteiger partial charge on any atom is 0.258 e. The molecule has 24 heavy (non-hydrogen) atoms. The quantitative estimate of drug-likeness (QED) is 0.739. The Morgan fingerprint density at radius 1 is 1.00 bits per heavy atom. The van der Waals surface area contributed by atoms with Crippen molar-refractivity contribution in [2.75, 3.05) is 31.2 Å². The van der Waals surface area contributed by atoms with Crippen LogP contribution in [-0.2, 0) is 4.74 Å². The van der Waals surface area contributed by atoms with Crippen LogP contribution in [0.2, 0.25) is 0 Å². The average Bonchev–Trinajstić information content (AvgIpc) is 3.13. The molecule has 122 valence electrons. The van der Waals surface area contributed by atoms with E-state index in [2.05, 4.69) is 20.0 Å². The van der Waals surface area contributed by atoms with Crippen molar-refractivity contribution in [1.29, 1.82) is 0 Å². The summed E-state index contributed by atoms with van der Waals surface area (Å²) in [5.74, 6) is 2.01.